The molecule has 1 aromatic heterocycles. The SMILES string of the molecule is Cc1ccc(CN)cc1-n1ncc2ccccc21. The van der Waals surface area contributed by atoms with Gasteiger partial charge in [0.2, 0.25) is 0 Å². The molecule has 0 bridgehead atoms. The summed E-state index contributed by atoms with van der Waals surface area (Å²) >= 11 is 0. The summed E-state index contributed by atoms with van der Waals surface area (Å²) in [5.41, 5.74) is 10.2. The molecule has 3 nitrogen and oxygen atoms in total. The summed E-state index contributed by atoms with van der Waals surface area (Å²) in [6, 6.07) is 14.5. The molecule has 0 amide bonds. The lowest BCUT2D eigenvalue weighted by Gasteiger charge is -2.09. The standard InChI is InChI=1S/C15H15N3/c1-11-6-7-12(9-16)8-15(11)18-14-5-3-2-4-13(14)10-17-18/h2-8,10H,9,16H2,1H3. The number of hydrogen-bond donors (Lipinski definition) is 1. The minimum absolute atomic E-state index is 0.548. The second-order valence-electron chi connectivity index (χ2n) is 4.44. The van der Waals surface area contributed by atoms with Crippen LogP contribution in [0.25, 0.3) is 16.6 Å². The van der Waals surface area contributed by atoms with Gasteiger partial charge >= 0.3 is 0 Å². The van der Waals surface area contributed by atoms with E-state index in [4.69, 9.17) is 5.73 Å². The second kappa shape index (κ2) is 4.27. The first-order chi connectivity index (χ1) is 8.79. The fraction of sp³-hybridized carbons (Fsp3) is 0.133. The number of nitrogens with zero attached hydrogens (tertiary/aromatic N) is 2. The molecule has 0 radical (unpaired) electrons. The van der Waals surface area contributed by atoms with Gasteiger partial charge in [-0.25, -0.2) is 4.68 Å². The number of aryl methyl sites for hydroxylation is 1. The number of rotatable bonds is 2. The van der Waals surface area contributed by atoms with Crippen LogP contribution in [0.1, 0.15) is 11.1 Å². The molecule has 90 valence electrons. The Morgan fingerprint density at radius 1 is 1.17 bits per heavy atom. The monoisotopic (exact) mass is 237 g/mol. The lowest BCUT2D eigenvalue weighted by atomic mass is 10.1. The van der Waals surface area contributed by atoms with Gasteiger partial charge in [-0.05, 0) is 30.2 Å². The number of hydrogen-bond acceptors (Lipinski definition) is 2. The Balaban J connectivity index is 2.25. The smallest absolute Gasteiger partial charge is 0.0741 e. The summed E-state index contributed by atoms with van der Waals surface area (Å²) < 4.78 is 1.98. The maximum absolute atomic E-state index is 5.71. The van der Waals surface area contributed by atoms with Gasteiger partial charge in [0.1, 0.15) is 0 Å². The van der Waals surface area contributed by atoms with Crippen molar-refractivity contribution in [1.82, 2.24) is 9.78 Å². The number of nitrogens with two attached hydrogens (primary N) is 1. The zero-order valence-electron chi connectivity index (χ0n) is 10.3. The minimum atomic E-state index is 0.548. The molecule has 0 saturated heterocycles. The zero-order valence-corrected chi connectivity index (χ0v) is 10.3. The predicted molar refractivity (Wildman–Crippen MR) is 73.7 cm³/mol. The molecular formula is C15H15N3. The molecule has 0 aliphatic rings. The third-order valence-electron chi connectivity index (χ3n) is 3.21. The molecule has 0 aliphatic carbocycles. The van der Waals surface area contributed by atoms with Gasteiger partial charge in [-0.2, -0.15) is 5.10 Å². The van der Waals surface area contributed by atoms with Crippen LogP contribution < -0.4 is 5.73 Å². The van der Waals surface area contributed by atoms with Crippen LogP contribution >= 0.6 is 0 Å². The first-order valence-electron chi connectivity index (χ1n) is 6.02. The van der Waals surface area contributed by atoms with Gasteiger partial charge in [0, 0.05) is 11.9 Å². The van der Waals surface area contributed by atoms with E-state index < -0.39 is 0 Å². The number of aromatic nitrogens is 2. The molecule has 0 saturated carbocycles. The third kappa shape index (κ3) is 1.69. The molecule has 2 N–H and O–H groups in total. The van der Waals surface area contributed by atoms with E-state index in [0.29, 0.717) is 6.54 Å². The van der Waals surface area contributed by atoms with E-state index in [1.165, 1.54) is 5.56 Å². The number of fused-ring (bicyclic) bond motifs is 1. The maximum Gasteiger partial charge on any atom is 0.0741 e. The van der Waals surface area contributed by atoms with Crippen molar-refractivity contribution in [2.45, 2.75) is 13.5 Å². The molecule has 0 fully saturated rings. The highest BCUT2D eigenvalue weighted by Crippen LogP contribution is 2.21. The summed E-state index contributed by atoms with van der Waals surface area (Å²) in [7, 11) is 0. The van der Waals surface area contributed by atoms with Crippen LogP contribution in [0.2, 0.25) is 0 Å². The highest BCUT2D eigenvalue weighted by molar-refractivity contribution is 5.80. The van der Waals surface area contributed by atoms with Crippen molar-refractivity contribution in [3.8, 4) is 5.69 Å². The number of benzene rings is 2. The molecule has 0 unspecified atom stereocenters. The van der Waals surface area contributed by atoms with Crippen molar-refractivity contribution in [2.75, 3.05) is 0 Å². The van der Waals surface area contributed by atoms with Crippen LogP contribution in [0.15, 0.2) is 48.7 Å². The Labute approximate surface area is 106 Å². The third-order valence-corrected chi connectivity index (χ3v) is 3.21. The average Bonchev–Trinajstić information content (AvgIpc) is 2.83. The minimum Gasteiger partial charge on any atom is -0.326 e. The Bertz CT molecular complexity index is 698. The molecule has 0 atom stereocenters. The molecular weight excluding hydrogens is 222 g/mol. The van der Waals surface area contributed by atoms with Crippen LogP contribution in [-0.4, -0.2) is 9.78 Å². The van der Waals surface area contributed by atoms with Crippen molar-refractivity contribution in [1.29, 1.82) is 0 Å². The zero-order chi connectivity index (χ0) is 12.5. The van der Waals surface area contributed by atoms with E-state index in [9.17, 15) is 0 Å². The predicted octanol–water partition coefficient (Wildman–Crippen LogP) is 2.79. The van der Waals surface area contributed by atoms with E-state index in [1.807, 2.05) is 23.0 Å². The fourth-order valence-corrected chi connectivity index (χ4v) is 2.17. The van der Waals surface area contributed by atoms with E-state index in [2.05, 4.69) is 42.4 Å². The number of para-hydroxylation sites is 1. The van der Waals surface area contributed by atoms with Gasteiger partial charge in [0.15, 0.2) is 0 Å². The molecule has 3 heteroatoms. The first kappa shape index (κ1) is 11.0. The van der Waals surface area contributed by atoms with Crippen molar-refractivity contribution in [3.05, 3.63) is 59.8 Å². The molecule has 1 heterocycles. The summed E-state index contributed by atoms with van der Waals surface area (Å²) in [5, 5.41) is 5.63. The van der Waals surface area contributed by atoms with Crippen molar-refractivity contribution < 1.29 is 0 Å². The summed E-state index contributed by atoms with van der Waals surface area (Å²) in [6.45, 7) is 2.64. The Morgan fingerprint density at radius 3 is 2.83 bits per heavy atom. The van der Waals surface area contributed by atoms with E-state index in [1.54, 1.807) is 0 Å². The maximum atomic E-state index is 5.71. The highest BCUT2D eigenvalue weighted by atomic mass is 15.3. The topological polar surface area (TPSA) is 43.8 Å². The van der Waals surface area contributed by atoms with E-state index in [0.717, 1.165) is 22.2 Å². The van der Waals surface area contributed by atoms with Gasteiger partial charge in [-0.1, -0.05) is 30.3 Å². The van der Waals surface area contributed by atoms with Crippen molar-refractivity contribution in [2.24, 2.45) is 5.73 Å². The van der Waals surface area contributed by atoms with Crippen LogP contribution in [0.3, 0.4) is 0 Å². The summed E-state index contributed by atoms with van der Waals surface area (Å²) in [4.78, 5) is 0. The average molecular weight is 237 g/mol. The Kier molecular flexibility index (Phi) is 2.61. The van der Waals surface area contributed by atoms with Crippen molar-refractivity contribution >= 4 is 10.9 Å². The van der Waals surface area contributed by atoms with Gasteiger partial charge in [0.05, 0.1) is 17.4 Å². The Morgan fingerprint density at radius 2 is 2.00 bits per heavy atom. The van der Waals surface area contributed by atoms with Gasteiger partial charge in [0.25, 0.3) is 0 Å². The molecule has 0 aliphatic heterocycles. The lowest BCUT2D eigenvalue weighted by molar-refractivity contribution is 0.896. The van der Waals surface area contributed by atoms with Crippen molar-refractivity contribution in [3.63, 3.8) is 0 Å². The molecule has 3 rings (SSSR count). The summed E-state index contributed by atoms with van der Waals surface area (Å²) in [5.74, 6) is 0. The van der Waals surface area contributed by atoms with E-state index >= 15 is 0 Å². The first-order valence-corrected chi connectivity index (χ1v) is 6.02. The largest absolute Gasteiger partial charge is 0.326 e. The normalized spacial score (nSPS) is 11.0. The van der Waals surface area contributed by atoms with Crippen LogP contribution in [0.4, 0.5) is 0 Å². The second-order valence-corrected chi connectivity index (χ2v) is 4.44. The molecule has 3 aromatic rings. The molecule has 0 spiro atoms. The van der Waals surface area contributed by atoms with E-state index in [-0.39, 0.29) is 0 Å². The van der Waals surface area contributed by atoms with Gasteiger partial charge < -0.3 is 5.73 Å². The van der Waals surface area contributed by atoms with Gasteiger partial charge in [-0.15, -0.1) is 0 Å². The highest BCUT2D eigenvalue weighted by Gasteiger charge is 2.07. The molecule has 2 aromatic carbocycles. The van der Waals surface area contributed by atoms with Gasteiger partial charge in [-0.3, -0.25) is 0 Å². The lowest BCUT2D eigenvalue weighted by Crippen LogP contribution is -2.02. The fourth-order valence-electron chi connectivity index (χ4n) is 2.17. The molecule has 18 heavy (non-hydrogen) atoms. The summed E-state index contributed by atoms with van der Waals surface area (Å²) in [6.07, 6.45) is 1.89. The van der Waals surface area contributed by atoms with Crippen LogP contribution in [-0.2, 0) is 6.54 Å². The Hall–Kier alpha value is -2.13. The quantitative estimate of drug-likeness (QED) is 0.744. The van der Waals surface area contributed by atoms with Crippen LogP contribution in [0, 0.1) is 6.92 Å². The van der Waals surface area contributed by atoms with Crippen LogP contribution in [0.5, 0.6) is 0 Å².